The number of nitrogens with zero attached hydrogens (tertiary/aromatic N) is 2. The van der Waals surface area contributed by atoms with Crippen LogP contribution >= 0.6 is 27.5 Å². The molecule has 0 aliphatic carbocycles. The maximum absolute atomic E-state index is 6.38. The fraction of sp³-hybridized carbons (Fsp3) is 0.438. The SMILES string of the molecule is CCNC(Cc1ccc(Br)cc1)c1c(Cl)cnn1C(C)C. The Balaban J connectivity index is 2.30. The van der Waals surface area contributed by atoms with E-state index in [-0.39, 0.29) is 6.04 Å². The van der Waals surface area contributed by atoms with Crippen LogP contribution < -0.4 is 5.32 Å². The third-order valence-corrected chi connectivity index (χ3v) is 4.23. The minimum absolute atomic E-state index is 0.161. The van der Waals surface area contributed by atoms with E-state index in [2.05, 4.69) is 71.4 Å². The summed E-state index contributed by atoms with van der Waals surface area (Å²) in [7, 11) is 0. The fourth-order valence-corrected chi connectivity index (χ4v) is 2.98. The summed E-state index contributed by atoms with van der Waals surface area (Å²) in [5.41, 5.74) is 2.34. The summed E-state index contributed by atoms with van der Waals surface area (Å²) in [6.45, 7) is 7.24. The molecule has 0 saturated heterocycles. The van der Waals surface area contributed by atoms with Crippen LogP contribution in [0.25, 0.3) is 0 Å². The molecule has 1 aromatic heterocycles. The number of halogens is 2. The van der Waals surface area contributed by atoms with Crippen molar-refractivity contribution >= 4 is 27.5 Å². The monoisotopic (exact) mass is 369 g/mol. The molecule has 0 amide bonds. The lowest BCUT2D eigenvalue weighted by Gasteiger charge is -2.22. The maximum Gasteiger partial charge on any atom is 0.0834 e. The normalized spacial score (nSPS) is 12.9. The van der Waals surface area contributed by atoms with Crippen LogP contribution in [-0.4, -0.2) is 16.3 Å². The van der Waals surface area contributed by atoms with Gasteiger partial charge in [0.25, 0.3) is 0 Å². The molecule has 0 spiro atoms. The lowest BCUT2D eigenvalue weighted by molar-refractivity contribution is 0.448. The second-order valence-corrected chi connectivity index (χ2v) is 6.68. The van der Waals surface area contributed by atoms with Gasteiger partial charge in [0, 0.05) is 10.5 Å². The van der Waals surface area contributed by atoms with Crippen LogP contribution in [0.5, 0.6) is 0 Å². The summed E-state index contributed by atoms with van der Waals surface area (Å²) in [4.78, 5) is 0. The summed E-state index contributed by atoms with van der Waals surface area (Å²) in [6, 6.07) is 8.86. The van der Waals surface area contributed by atoms with Crippen molar-refractivity contribution in [2.45, 2.75) is 39.3 Å². The highest BCUT2D eigenvalue weighted by molar-refractivity contribution is 9.10. The average molecular weight is 371 g/mol. The van der Waals surface area contributed by atoms with Crippen molar-refractivity contribution in [3.8, 4) is 0 Å². The van der Waals surface area contributed by atoms with Gasteiger partial charge in [0.2, 0.25) is 0 Å². The maximum atomic E-state index is 6.38. The van der Waals surface area contributed by atoms with Crippen LogP contribution in [0.4, 0.5) is 0 Å². The van der Waals surface area contributed by atoms with Gasteiger partial charge in [-0.05, 0) is 44.5 Å². The first-order valence-corrected chi connectivity index (χ1v) is 8.40. The zero-order chi connectivity index (χ0) is 15.4. The van der Waals surface area contributed by atoms with E-state index in [1.165, 1.54) is 5.56 Å². The molecule has 0 fully saturated rings. The van der Waals surface area contributed by atoms with E-state index in [9.17, 15) is 0 Å². The second kappa shape index (κ2) is 7.43. The van der Waals surface area contributed by atoms with E-state index in [0.29, 0.717) is 6.04 Å². The van der Waals surface area contributed by atoms with Crippen molar-refractivity contribution in [1.29, 1.82) is 0 Å². The lowest BCUT2D eigenvalue weighted by atomic mass is 10.0. The van der Waals surface area contributed by atoms with Gasteiger partial charge in [-0.3, -0.25) is 4.68 Å². The van der Waals surface area contributed by atoms with E-state index < -0.39 is 0 Å². The fourth-order valence-electron chi connectivity index (χ4n) is 2.46. The van der Waals surface area contributed by atoms with Crippen LogP contribution in [0.2, 0.25) is 5.02 Å². The molecule has 1 N–H and O–H groups in total. The van der Waals surface area contributed by atoms with Crippen LogP contribution in [0.15, 0.2) is 34.9 Å². The van der Waals surface area contributed by atoms with Crippen molar-refractivity contribution in [1.82, 2.24) is 15.1 Å². The molecule has 21 heavy (non-hydrogen) atoms. The Labute approximate surface area is 139 Å². The van der Waals surface area contributed by atoms with Gasteiger partial charge >= 0.3 is 0 Å². The number of hydrogen-bond donors (Lipinski definition) is 1. The first kappa shape index (κ1) is 16.5. The van der Waals surface area contributed by atoms with Gasteiger partial charge < -0.3 is 5.32 Å². The van der Waals surface area contributed by atoms with E-state index >= 15 is 0 Å². The summed E-state index contributed by atoms with van der Waals surface area (Å²) in [5.74, 6) is 0. The van der Waals surface area contributed by atoms with Gasteiger partial charge in [0.05, 0.1) is 23.0 Å². The molecule has 0 saturated carbocycles. The van der Waals surface area contributed by atoms with Crippen molar-refractivity contribution < 1.29 is 0 Å². The molecule has 5 heteroatoms. The molecule has 0 bridgehead atoms. The summed E-state index contributed by atoms with van der Waals surface area (Å²) in [6.07, 6.45) is 2.63. The van der Waals surface area contributed by atoms with Crippen LogP contribution in [0.1, 0.15) is 44.1 Å². The molecule has 2 aromatic rings. The van der Waals surface area contributed by atoms with E-state index in [0.717, 1.165) is 28.2 Å². The Morgan fingerprint density at radius 1 is 1.29 bits per heavy atom. The third-order valence-electron chi connectivity index (χ3n) is 3.41. The Hall–Kier alpha value is -0.840. The largest absolute Gasteiger partial charge is 0.309 e. The molecule has 1 unspecified atom stereocenters. The van der Waals surface area contributed by atoms with Crippen LogP contribution in [0, 0.1) is 0 Å². The number of benzene rings is 1. The van der Waals surface area contributed by atoms with Gasteiger partial charge in [-0.25, -0.2) is 0 Å². The highest BCUT2D eigenvalue weighted by Gasteiger charge is 2.21. The van der Waals surface area contributed by atoms with Crippen molar-refractivity contribution in [2.75, 3.05) is 6.54 Å². The van der Waals surface area contributed by atoms with Crippen LogP contribution in [0.3, 0.4) is 0 Å². The van der Waals surface area contributed by atoms with Gasteiger partial charge in [-0.2, -0.15) is 5.10 Å². The topological polar surface area (TPSA) is 29.9 Å². The molecule has 1 aromatic carbocycles. The predicted octanol–water partition coefficient (Wildman–Crippen LogP) is 4.77. The highest BCUT2D eigenvalue weighted by Crippen LogP contribution is 2.28. The second-order valence-electron chi connectivity index (χ2n) is 5.36. The molecule has 1 atom stereocenters. The van der Waals surface area contributed by atoms with Gasteiger partial charge in [0.1, 0.15) is 0 Å². The molecule has 0 radical (unpaired) electrons. The zero-order valence-corrected chi connectivity index (χ0v) is 14.9. The van der Waals surface area contributed by atoms with E-state index in [4.69, 9.17) is 11.6 Å². The molecule has 3 nitrogen and oxygen atoms in total. The molecule has 114 valence electrons. The number of hydrogen-bond acceptors (Lipinski definition) is 2. The summed E-state index contributed by atoms with van der Waals surface area (Å²) >= 11 is 9.85. The average Bonchev–Trinajstić information content (AvgIpc) is 2.83. The molecule has 1 heterocycles. The van der Waals surface area contributed by atoms with E-state index in [1.54, 1.807) is 6.20 Å². The first-order valence-electron chi connectivity index (χ1n) is 7.23. The quantitative estimate of drug-likeness (QED) is 0.793. The Kier molecular flexibility index (Phi) is 5.85. The smallest absolute Gasteiger partial charge is 0.0834 e. The Morgan fingerprint density at radius 3 is 2.52 bits per heavy atom. The predicted molar refractivity (Wildman–Crippen MR) is 91.9 cm³/mol. The summed E-state index contributed by atoms with van der Waals surface area (Å²) < 4.78 is 3.10. The molecule has 0 aliphatic heterocycles. The van der Waals surface area contributed by atoms with Crippen molar-refractivity contribution in [2.24, 2.45) is 0 Å². The first-order chi connectivity index (χ1) is 10.0. The van der Waals surface area contributed by atoms with Gasteiger partial charge in [-0.1, -0.05) is 46.6 Å². The number of nitrogens with one attached hydrogen (secondary N) is 1. The molecular formula is C16H21BrClN3. The summed E-state index contributed by atoms with van der Waals surface area (Å²) in [5, 5.41) is 8.67. The third kappa shape index (κ3) is 4.09. The highest BCUT2D eigenvalue weighted by atomic mass is 79.9. The van der Waals surface area contributed by atoms with Crippen LogP contribution in [-0.2, 0) is 6.42 Å². The van der Waals surface area contributed by atoms with Gasteiger partial charge in [0.15, 0.2) is 0 Å². The molecule has 0 aliphatic rings. The molecule has 2 rings (SSSR count). The van der Waals surface area contributed by atoms with Crippen molar-refractivity contribution in [3.63, 3.8) is 0 Å². The minimum Gasteiger partial charge on any atom is -0.309 e. The van der Waals surface area contributed by atoms with Crippen molar-refractivity contribution in [3.05, 3.63) is 51.2 Å². The lowest BCUT2D eigenvalue weighted by Crippen LogP contribution is -2.26. The zero-order valence-electron chi connectivity index (χ0n) is 12.6. The Bertz CT molecular complexity index is 578. The minimum atomic E-state index is 0.161. The number of aromatic nitrogens is 2. The number of rotatable bonds is 6. The van der Waals surface area contributed by atoms with Gasteiger partial charge in [-0.15, -0.1) is 0 Å². The molecular weight excluding hydrogens is 350 g/mol. The van der Waals surface area contributed by atoms with E-state index in [1.807, 2.05) is 4.68 Å². The number of likely N-dealkylation sites (N-methyl/N-ethyl adjacent to an activating group) is 1. The standard InChI is InChI=1S/C16H21BrClN3/c1-4-19-15(9-12-5-7-13(17)8-6-12)16-14(18)10-20-21(16)11(2)3/h5-8,10-11,15,19H,4,9H2,1-3H3. The Morgan fingerprint density at radius 2 is 1.95 bits per heavy atom.